The number of benzene rings is 1. The van der Waals surface area contributed by atoms with Crippen LogP contribution in [0.25, 0.3) is 0 Å². The Labute approximate surface area is 175 Å². The Morgan fingerprint density at radius 2 is 1.79 bits per heavy atom. The summed E-state index contributed by atoms with van der Waals surface area (Å²) in [6.07, 6.45) is 11.2. The minimum atomic E-state index is -3.53. The predicted octanol–water partition coefficient (Wildman–Crippen LogP) is 5.75. The number of allylic oxidation sites excluding steroid dienone is 4. The molecule has 1 heterocycles. The Hall–Kier alpha value is -1.81. The van der Waals surface area contributed by atoms with Crippen molar-refractivity contribution in [2.24, 2.45) is 17.3 Å². The second kappa shape index (κ2) is 6.60. The van der Waals surface area contributed by atoms with Crippen LogP contribution in [-0.2, 0) is 10.0 Å². The van der Waals surface area contributed by atoms with E-state index >= 15 is 0 Å². The van der Waals surface area contributed by atoms with Crippen molar-refractivity contribution in [1.82, 2.24) is 4.31 Å². The fourth-order valence-electron chi connectivity index (χ4n) is 6.45. The summed E-state index contributed by atoms with van der Waals surface area (Å²) in [4.78, 5) is 0.395. The van der Waals surface area contributed by atoms with E-state index in [2.05, 4.69) is 19.9 Å². The van der Waals surface area contributed by atoms with Gasteiger partial charge in [0.25, 0.3) is 10.0 Å². The monoisotopic (exact) mass is 409 g/mol. The van der Waals surface area contributed by atoms with Crippen LogP contribution in [0.4, 0.5) is 0 Å². The zero-order valence-corrected chi connectivity index (χ0v) is 18.6. The molecule has 29 heavy (non-hydrogen) atoms. The molecule has 1 fully saturated rings. The van der Waals surface area contributed by atoms with Crippen LogP contribution in [0.1, 0.15) is 57.9 Å². The maximum Gasteiger partial charge on any atom is 0.263 e. The van der Waals surface area contributed by atoms with Gasteiger partial charge < -0.3 is 0 Å². The van der Waals surface area contributed by atoms with Gasteiger partial charge in [-0.05, 0) is 88.5 Å². The summed E-state index contributed by atoms with van der Waals surface area (Å²) < 4.78 is 28.6. The molecule has 1 aromatic carbocycles. The van der Waals surface area contributed by atoms with Gasteiger partial charge in [-0.15, -0.1) is 0 Å². The molecule has 0 aromatic heterocycles. The van der Waals surface area contributed by atoms with Crippen LogP contribution in [0.3, 0.4) is 0 Å². The summed E-state index contributed by atoms with van der Waals surface area (Å²) in [5.41, 5.74) is 7.14. The molecule has 3 aliphatic carbocycles. The van der Waals surface area contributed by atoms with Gasteiger partial charge in [0.1, 0.15) is 0 Å². The second-order valence-corrected chi connectivity index (χ2v) is 11.6. The first-order valence-corrected chi connectivity index (χ1v) is 12.4. The second-order valence-electron chi connectivity index (χ2n) is 9.67. The standard InChI is InChI=1S/C25H31NO2S/c1-17-8-10-20(11-9-17)29(27,28)26-13-12-23-21-6-4-5-7-22(21)24-14-18(2)19(3)15-25(23,24)16-26/h8-13,22,24H,4-7,14-16H2,1-3H3. The summed E-state index contributed by atoms with van der Waals surface area (Å²) in [6.45, 7) is 7.10. The SMILES string of the molecule is CC1=C(C)CC23CN(S(=O)(=O)c4ccc(C)cc4)C=CC2=C2CCCCC2C3C1. The van der Waals surface area contributed by atoms with Crippen LogP contribution in [-0.4, -0.2) is 19.3 Å². The third kappa shape index (κ3) is 2.78. The molecule has 1 aromatic rings. The van der Waals surface area contributed by atoms with E-state index in [1.807, 2.05) is 25.3 Å². The quantitative estimate of drug-likeness (QED) is 0.584. The molecule has 3 nitrogen and oxygen atoms in total. The van der Waals surface area contributed by atoms with E-state index in [1.54, 1.807) is 22.0 Å². The highest BCUT2D eigenvalue weighted by atomic mass is 32.2. The molecular weight excluding hydrogens is 378 g/mol. The lowest BCUT2D eigenvalue weighted by molar-refractivity contribution is 0.137. The van der Waals surface area contributed by atoms with Crippen molar-refractivity contribution in [1.29, 1.82) is 0 Å². The van der Waals surface area contributed by atoms with Gasteiger partial charge in [-0.25, -0.2) is 8.42 Å². The Bertz CT molecular complexity index is 1040. The molecule has 5 rings (SSSR count). The molecule has 3 unspecified atom stereocenters. The number of hydrogen-bond donors (Lipinski definition) is 0. The van der Waals surface area contributed by atoms with E-state index in [4.69, 9.17) is 0 Å². The molecule has 1 spiro atoms. The highest BCUT2D eigenvalue weighted by molar-refractivity contribution is 7.89. The fraction of sp³-hybridized carbons (Fsp3) is 0.520. The van der Waals surface area contributed by atoms with Crippen molar-refractivity contribution in [2.45, 2.75) is 64.2 Å². The topological polar surface area (TPSA) is 37.4 Å². The zero-order valence-electron chi connectivity index (χ0n) is 17.7. The summed E-state index contributed by atoms with van der Waals surface area (Å²) in [7, 11) is -3.53. The van der Waals surface area contributed by atoms with Crippen molar-refractivity contribution in [2.75, 3.05) is 6.54 Å². The van der Waals surface area contributed by atoms with Crippen molar-refractivity contribution in [3.8, 4) is 0 Å². The highest BCUT2D eigenvalue weighted by Crippen LogP contribution is 2.63. The maximum atomic E-state index is 13.5. The first-order valence-electron chi connectivity index (χ1n) is 11.0. The minimum absolute atomic E-state index is 0.0412. The summed E-state index contributed by atoms with van der Waals surface area (Å²) in [5.74, 6) is 1.20. The Morgan fingerprint density at radius 3 is 2.55 bits per heavy atom. The van der Waals surface area contributed by atoms with E-state index in [-0.39, 0.29) is 5.41 Å². The van der Waals surface area contributed by atoms with Crippen LogP contribution in [0.2, 0.25) is 0 Å². The Balaban J connectivity index is 1.59. The van der Waals surface area contributed by atoms with Gasteiger partial charge in [0.05, 0.1) is 4.90 Å². The number of hydrogen-bond acceptors (Lipinski definition) is 2. The van der Waals surface area contributed by atoms with E-state index in [1.165, 1.54) is 42.4 Å². The fourth-order valence-corrected chi connectivity index (χ4v) is 7.82. The number of sulfonamides is 1. The average molecular weight is 410 g/mol. The molecular formula is C25H31NO2S. The average Bonchev–Trinajstić information content (AvgIpc) is 2.98. The normalized spacial score (nSPS) is 31.6. The first-order chi connectivity index (χ1) is 13.8. The third-order valence-corrected chi connectivity index (χ3v) is 9.78. The van der Waals surface area contributed by atoms with Crippen molar-refractivity contribution in [3.05, 3.63) is 64.4 Å². The number of fused-ring (bicyclic) bond motifs is 2. The van der Waals surface area contributed by atoms with Gasteiger partial charge in [0.15, 0.2) is 0 Å². The molecule has 0 bridgehead atoms. The Morgan fingerprint density at radius 1 is 1.03 bits per heavy atom. The van der Waals surface area contributed by atoms with Gasteiger partial charge in [-0.2, -0.15) is 0 Å². The molecule has 1 saturated carbocycles. The largest absolute Gasteiger partial charge is 0.272 e. The smallest absolute Gasteiger partial charge is 0.263 e. The molecule has 1 aliphatic heterocycles. The van der Waals surface area contributed by atoms with E-state index in [0.717, 1.165) is 18.4 Å². The van der Waals surface area contributed by atoms with Gasteiger partial charge in [0, 0.05) is 18.2 Å². The lowest BCUT2D eigenvalue weighted by atomic mass is 9.60. The molecule has 3 atom stereocenters. The number of rotatable bonds is 2. The summed E-state index contributed by atoms with van der Waals surface area (Å²) in [6, 6.07) is 7.25. The molecule has 0 amide bonds. The number of aryl methyl sites for hydroxylation is 1. The molecule has 4 aliphatic rings. The predicted molar refractivity (Wildman–Crippen MR) is 117 cm³/mol. The maximum absolute atomic E-state index is 13.5. The molecule has 0 radical (unpaired) electrons. The molecule has 0 saturated heterocycles. The van der Waals surface area contributed by atoms with Crippen LogP contribution < -0.4 is 0 Å². The van der Waals surface area contributed by atoms with Crippen LogP contribution >= 0.6 is 0 Å². The summed E-state index contributed by atoms with van der Waals surface area (Å²) in [5, 5.41) is 0. The van der Waals surface area contributed by atoms with Gasteiger partial charge in [-0.1, -0.05) is 40.8 Å². The number of nitrogens with zero attached hydrogens (tertiary/aromatic N) is 1. The lowest BCUT2D eigenvalue weighted by Crippen LogP contribution is -2.47. The van der Waals surface area contributed by atoms with Gasteiger partial charge in [-0.3, -0.25) is 4.31 Å². The summed E-state index contributed by atoms with van der Waals surface area (Å²) >= 11 is 0. The highest BCUT2D eigenvalue weighted by Gasteiger charge is 2.56. The third-order valence-electron chi connectivity index (χ3n) is 8.04. The molecule has 0 N–H and O–H groups in total. The zero-order chi connectivity index (χ0) is 20.4. The van der Waals surface area contributed by atoms with Crippen LogP contribution in [0, 0.1) is 24.2 Å². The van der Waals surface area contributed by atoms with E-state index in [9.17, 15) is 8.42 Å². The first kappa shape index (κ1) is 19.2. The van der Waals surface area contributed by atoms with Crippen molar-refractivity contribution in [3.63, 3.8) is 0 Å². The van der Waals surface area contributed by atoms with Crippen molar-refractivity contribution < 1.29 is 8.42 Å². The van der Waals surface area contributed by atoms with Crippen molar-refractivity contribution >= 4 is 10.0 Å². The van der Waals surface area contributed by atoms with Gasteiger partial charge in [0.2, 0.25) is 0 Å². The van der Waals surface area contributed by atoms with Crippen LogP contribution in [0.5, 0.6) is 0 Å². The van der Waals surface area contributed by atoms with E-state index in [0.29, 0.717) is 23.3 Å². The lowest BCUT2D eigenvalue weighted by Gasteiger charge is -2.48. The Kier molecular flexibility index (Phi) is 4.36. The molecule has 154 valence electrons. The van der Waals surface area contributed by atoms with E-state index < -0.39 is 10.0 Å². The minimum Gasteiger partial charge on any atom is -0.272 e. The van der Waals surface area contributed by atoms with Crippen LogP contribution in [0.15, 0.2) is 63.7 Å². The molecule has 4 heteroatoms. The van der Waals surface area contributed by atoms with Gasteiger partial charge >= 0.3 is 0 Å².